The van der Waals surface area contributed by atoms with E-state index in [1.54, 1.807) is 26.0 Å². The van der Waals surface area contributed by atoms with Crippen LogP contribution in [0.1, 0.15) is 24.0 Å². The van der Waals surface area contributed by atoms with E-state index in [1.165, 1.54) is 0 Å². The fraction of sp³-hybridized carbons (Fsp3) is 0.571. The van der Waals surface area contributed by atoms with Crippen LogP contribution >= 0.6 is 0 Å². The van der Waals surface area contributed by atoms with Gasteiger partial charge in [-0.1, -0.05) is 0 Å². The number of rotatable bonds is 4. The first-order chi connectivity index (χ1) is 9.83. The predicted octanol–water partition coefficient (Wildman–Crippen LogP) is 0.962. The summed E-state index contributed by atoms with van der Waals surface area (Å²) in [5.41, 5.74) is 4.66. The maximum absolute atomic E-state index is 12.6. The van der Waals surface area contributed by atoms with E-state index in [2.05, 4.69) is 22.1 Å². The second kappa shape index (κ2) is 6.31. The number of sulfonamides is 1. The van der Waals surface area contributed by atoms with Crippen molar-refractivity contribution in [2.24, 2.45) is 5.84 Å². The SMILES string of the molecule is Cc1cc(NN)cc(C)c1S(=O)(=O)NC1CCN(C)CC1. The summed E-state index contributed by atoms with van der Waals surface area (Å²) in [7, 11) is -1.45. The number of nitrogen functional groups attached to an aromatic ring is 1. The Morgan fingerprint density at radius 2 is 1.71 bits per heavy atom. The summed E-state index contributed by atoms with van der Waals surface area (Å²) in [6.07, 6.45) is 1.69. The second-order valence-electron chi connectivity index (χ2n) is 5.78. The van der Waals surface area contributed by atoms with Crippen molar-refractivity contribution in [2.75, 3.05) is 25.6 Å². The third-order valence-corrected chi connectivity index (χ3v) is 5.76. The number of anilines is 1. The average molecular weight is 312 g/mol. The highest BCUT2D eigenvalue weighted by molar-refractivity contribution is 7.89. The second-order valence-corrected chi connectivity index (χ2v) is 7.43. The summed E-state index contributed by atoms with van der Waals surface area (Å²) < 4.78 is 28.1. The zero-order valence-corrected chi connectivity index (χ0v) is 13.6. The van der Waals surface area contributed by atoms with Crippen molar-refractivity contribution < 1.29 is 8.42 Å². The summed E-state index contributed by atoms with van der Waals surface area (Å²) >= 11 is 0. The fourth-order valence-corrected chi connectivity index (χ4v) is 4.62. The molecule has 0 bridgehead atoms. The van der Waals surface area contributed by atoms with E-state index < -0.39 is 10.0 Å². The molecule has 118 valence electrons. The van der Waals surface area contributed by atoms with Crippen LogP contribution in [0.15, 0.2) is 17.0 Å². The molecule has 0 atom stereocenters. The Labute approximate surface area is 126 Å². The van der Waals surface area contributed by atoms with Gasteiger partial charge in [0.05, 0.1) is 4.90 Å². The Morgan fingerprint density at radius 3 is 2.19 bits per heavy atom. The van der Waals surface area contributed by atoms with E-state index >= 15 is 0 Å². The third-order valence-electron chi connectivity index (χ3n) is 3.94. The molecule has 0 spiro atoms. The average Bonchev–Trinajstić information content (AvgIpc) is 2.39. The van der Waals surface area contributed by atoms with Gasteiger partial charge in [-0.15, -0.1) is 0 Å². The van der Waals surface area contributed by atoms with Gasteiger partial charge in [-0.3, -0.25) is 5.84 Å². The standard InChI is InChI=1S/C14H24N4O2S/c1-10-8-13(16-15)9-11(2)14(10)21(19,20)17-12-4-6-18(3)7-5-12/h8-9,12,16-17H,4-7,15H2,1-3H3. The van der Waals surface area contributed by atoms with Gasteiger partial charge in [0, 0.05) is 11.7 Å². The maximum atomic E-state index is 12.6. The smallest absolute Gasteiger partial charge is 0.241 e. The van der Waals surface area contributed by atoms with E-state index in [-0.39, 0.29) is 6.04 Å². The topological polar surface area (TPSA) is 87.5 Å². The van der Waals surface area contributed by atoms with Crippen molar-refractivity contribution in [3.63, 3.8) is 0 Å². The first-order valence-electron chi connectivity index (χ1n) is 7.12. The Hall–Kier alpha value is -1.15. The van der Waals surface area contributed by atoms with Crippen molar-refractivity contribution in [3.05, 3.63) is 23.3 Å². The summed E-state index contributed by atoms with van der Waals surface area (Å²) in [4.78, 5) is 2.57. The number of benzene rings is 1. The molecule has 1 heterocycles. The third kappa shape index (κ3) is 3.74. The van der Waals surface area contributed by atoms with Crippen LogP contribution in [0.2, 0.25) is 0 Å². The van der Waals surface area contributed by atoms with Crippen molar-refractivity contribution >= 4 is 15.7 Å². The van der Waals surface area contributed by atoms with Gasteiger partial charge in [0.2, 0.25) is 10.0 Å². The number of nitrogens with zero attached hydrogens (tertiary/aromatic N) is 1. The molecule has 4 N–H and O–H groups in total. The predicted molar refractivity (Wildman–Crippen MR) is 84.6 cm³/mol. The summed E-state index contributed by atoms with van der Waals surface area (Å²) in [6.45, 7) is 5.41. The van der Waals surface area contributed by atoms with E-state index in [4.69, 9.17) is 5.84 Å². The van der Waals surface area contributed by atoms with Crippen molar-refractivity contribution in [3.8, 4) is 0 Å². The summed E-state index contributed by atoms with van der Waals surface area (Å²) in [5, 5.41) is 0. The number of nitrogens with one attached hydrogen (secondary N) is 2. The first kappa shape index (κ1) is 16.2. The van der Waals surface area contributed by atoms with Crippen LogP contribution < -0.4 is 16.0 Å². The van der Waals surface area contributed by atoms with Crippen LogP contribution in [-0.4, -0.2) is 39.5 Å². The summed E-state index contributed by atoms with van der Waals surface area (Å²) in [6, 6.07) is 3.50. The molecule has 0 amide bonds. The molecule has 1 aromatic carbocycles. The van der Waals surface area contributed by atoms with Crippen LogP contribution in [0, 0.1) is 13.8 Å². The minimum absolute atomic E-state index is 0.0114. The minimum atomic E-state index is -3.50. The molecule has 21 heavy (non-hydrogen) atoms. The van der Waals surface area contributed by atoms with E-state index in [0.717, 1.165) is 25.9 Å². The number of likely N-dealkylation sites (tertiary alicyclic amines) is 1. The monoisotopic (exact) mass is 312 g/mol. The number of nitrogens with two attached hydrogens (primary N) is 1. The molecule has 6 nitrogen and oxygen atoms in total. The molecule has 0 aromatic heterocycles. The molecule has 2 rings (SSSR count). The number of hydrazine groups is 1. The highest BCUT2D eigenvalue weighted by Gasteiger charge is 2.26. The molecule has 1 fully saturated rings. The lowest BCUT2D eigenvalue weighted by Crippen LogP contribution is -2.43. The zero-order valence-electron chi connectivity index (χ0n) is 12.8. The largest absolute Gasteiger partial charge is 0.324 e. The lowest BCUT2D eigenvalue weighted by molar-refractivity contribution is 0.248. The highest BCUT2D eigenvalue weighted by Crippen LogP contribution is 2.25. The van der Waals surface area contributed by atoms with Crippen LogP contribution in [0.25, 0.3) is 0 Å². The van der Waals surface area contributed by atoms with Gasteiger partial charge >= 0.3 is 0 Å². The zero-order chi connectivity index (χ0) is 15.6. The van der Waals surface area contributed by atoms with Gasteiger partial charge in [0.1, 0.15) is 0 Å². The lowest BCUT2D eigenvalue weighted by Gasteiger charge is -2.29. The van der Waals surface area contributed by atoms with Gasteiger partial charge in [-0.25, -0.2) is 13.1 Å². The highest BCUT2D eigenvalue weighted by atomic mass is 32.2. The Morgan fingerprint density at radius 1 is 1.19 bits per heavy atom. The van der Waals surface area contributed by atoms with Gasteiger partial charge in [-0.2, -0.15) is 0 Å². The van der Waals surface area contributed by atoms with Gasteiger partial charge in [-0.05, 0) is 70.1 Å². The molecule has 1 saturated heterocycles. The van der Waals surface area contributed by atoms with Crippen LogP contribution in [0.3, 0.4) is 0 Å². The van der Waals surface area contributed by atoms with Crippen molar-refractivity contribution in [1.29, 1.82) is 0 Å². The van der Waals surface area contributed by atoms with Gasteiger partial charge < -0.3 is 10.3 Å². The maximum Gasteiger partial charge on any atom is 0.241 e. The normalized spacial score (nSPS) is 17.9. The Kier molecular flexibility index (Phi) is 4.88. The van der Waals surface area contributed by atoms with Crippen molar-refractivity contribution in [1.82, 2.24) is 9.62 Å². The van der Waals surface area contributed by atoms with Crippen LogP contribution in [0.4, 0.5) is 5.69 Å². The van der Waals surface area contributed by atoms with Gasteiger partial charge in [0.15, 0.2) is 0 Å². The number of aryl methyl sites for hydroxylation is 2. The van der Waals surface area contributed by atoms with Crippen LogP contribution in [-0.2, 0) is 10.0 Å². The summed E-state index contributed by atoms with van der Waals surface area (Å²) in [5.74, 6) is 5.39. The number of piperidine rings is 1. The Balaban J connectivity index is 2.24. The molecular formula is C14H24N4O2S. The lowest BCUT2D eigenvalue weighted by atomic mass is 10.1. The first-order valence-corrected chi connectivity index (χ1v) is 8.60. The molecule has 0 radical (unpaired) electrons. The van der Waals surface area contributed by atoms with E-state index in [1.807, 2.05) is 0 Å². The fourth-order valence-electron chi connectivity index (χ4n) is 2.86. The Bertz CT molecular complexity index is 584. The molecule has 7 heteroatoms. The molecular weight excluding hydrogens is 288 g/mol. The van der Waals surface area contributed by atoms with E-state index in [9.17, 15) is 8.42 Å². The number of hydrogen-bond acceptors (Lipinski definition) is 5. The minimum Gasteiger partial charge on any atom is -0.324 e. The van der Waals surface area contributed by atoms with Gasteiger partial charge in [0.25, 0.3) is 0 Å². The molecule has 1 aliphatic rings. The molecule has 1 aromatic rings. The van der Waals surface area contributed by atoms with Crippen LogP contribution in [0.5, 0.6) is 0 Å². The molecule has 0 aliphatic carbocycles. The van der Waals surface area contributed by atoms with E-state index in [0.29, 0.717) is 21.7 Å². The molecule has 1 aliphatic heterocycles. The number of hydrogen-bond donors (Lipinski definition) is 3. The quantitative estimate of drug-likeness (QED) is 0.569. The molecule has 0 unspecified atom stereocenters. The van der Waals surface area contributed by atoms with Crippen molar-refractivity contribution in [2.45, 2.75) is 37.6 Å². The molecule has 0 saturated carbocycles.